The summed E-state index contributed by atoms with van der Waals surface area (Å²) in [6, 6.07) is 5.41. The Hall–Kier alpha value is -1.69. The van der Waals surface area contributed by atoms with Crippen molar-refractivity contribution in [2.75, 3.05) is 6.54 Å². The Morgan fingerprint density at radius 3 is 2.50 bits per heavy atom. The molecule has 0 aliphatic heterocycles. The molecular weight excluding hydrogens is 242 g/mol. The van der Waals surface area contributed by atoms with Gasteiger partial charge in [0.25, 0.3) is 0 Å². The molecular formula is C12H16F2N2O2. The number of halogens is 2. The number of benzene rings is 1. The fourth-order valence-corrected chi connectivity index (χ4v) is 1.46. The van der Waals surface area contributed by atoms with Crippen molar-refractivity contribution in [3.63, 3.8) is 0 Å². The number of rotatable bonds is 6. The average Bonchev–Trinajstić information content (AvgIpc) is 2.31. The topological polar surface area (TPSA) is 64.4 Å². The molecule has 0 heterocycles. The minimum atomic E-state index is -2.84. The van der Waals surface area contributed by atoms with Crippen LogP contribution in [-0.2, 0) is 11.2 Å². The lowest BCUT2D eigenvalue weighted by atomic mass is 10.1. The predicted molar refractivity (Wildman–Crippen MR) is 63.4 cm³/mol. The van der Waals surface area contributed by atoms with Crippen molar-refractivity contribution < 1.29 is 18.3 Å². The van der Waals surface area contributed by atoms with Crippen molar-refractivity contribution in [1.82, 2.24) is 5.32 Å². The maximum Gasteiger partial charge on any atom is 0.387 e. The first-order valence-electron chi connectivity index (χ1n) is 5.60. The first kappa shape index (κ1) is 14.4. The smallest absolute Gasteiger partial charge is 0.387 e. The Bertz CT molecular complexity index is 382. The van der Waals surface area contributed by atoms with Crippen molar-refractivity contribution in [2.24, 2.45) is 5.73 Å². The maximum absolute atomic E-state index is 11.9. The fraction of sp³-hybridized carbons (Fsp3) is 0.417. The monoisotopic (exact) mass is 258 g/mol. The van der Waals surface area contributed by atoms with Gasteiger partial charge in [0.2, 0.25) is 5.91 Å². The van der Waals surface area contributed by atoms with Crippen LogP contribution in [0.1, 0.15) is 12.5 Å². The first-order valence-corrected chi connectivity index (χ1v) is 5.60. The SMILES string of the molecule is CCNC(=O)[C@@H](N)Cc1ccc(OC(F)F)cc1. The highest BCUT2D eigenvalue weighted by molar-refractivity contribution is 5.81. The average molecular weight is 258 g/mol. The van der Waals surface area contributed by atoms with Gasteiger partial charge in [0.05, 0.1) is 6.04 Å². The molecule has 0 aliphatic carbocycles. The molecule has 1 rings (SSSR count). The van der Waals surface area contributed by atoms with Gasteiger partial charge in [-0.25, -0.2) is 0 Å². The van der Waals surface area contributed by atoms with E-state index in [1.165, 1.54) is 12.1 Å². The quantitative estimate of drug-likeness (QED) is 0.808. The van der Waals surface area contributed by atoms with Gasteiger partial charge in [-0.05, 0) is 31.0 Å². The van der Waals surface area contributed by atoms with Crippen LogP contribution in [0.3, 0.4) is 0 Å². The number of hydrogen-bond donors (Lipinski definition) is 2. The molecule has 18 heavy (non-hydrogen) atoms. The Morgan fingerprint density at radius 2 is 2.00 bits per heavy atom. The molecule has 100 valence electrons. The molecule has 0 aromatic heterocycles. The zero-order valence-electron chi connectivity index (χ0n) is 10.0. The normalized spacial score (nSPS) is 12.3. The van der Waals surface area contributed by atoms with Crippen LogP contribution < -0.4 is 15.8 Å². The van der Waals surface area contributed by atoms with E-state index in [1.54, 1.807) is 19.1 Å². The Balaban J connectivity index is 2.55. The summed E-state index contributed by atoms with van der Waals surface area (Å²) >= 11 is 0. The van der Waals surface area contributed by atoms with Gasteiger partial charge in [-0.1, -0.05) is 12.1 Å². The molecule has 4 nitrogen and oxygen atoms in total. The minimum Gasteiger partial charge on any atom is -0.435 e. The van der Waals surface area contributed by atoms with E-state index >= 15 is 0 Å². The standard InChI is InChI=1S/C12H16F2N2O2/c1-2-16-11(17)10(15)7-8-3-5-9(6-4-8)18-12(13)14/h3-6,10,12H,2,7,15H2,1H3,(H,16,17)/t10-/m0/s1. The van der Waals surface area contributed by atoms with E-state index in [-0.39, 0.29) is 11.7 Å². The van der Waals surface area contributed by atoms with Crippen molar-refractivity contribution in [3.05, 3.63) is 29.8 Å². The molecule has 3 N–H and O–H groups in total. The molecule has 1 aromatic carbocycles. The van der Waals surface area contributed by atoms with Gasteiger partial charge in [-0.2, -0.15) is 8.78 Å². The third-order valence-electron chi connectivity index (χ3n) is 2.29. The van der Waals surface area contributed by atoms with Crippen LogP contribution >= 0.6 is 0 Å². The van der Waals surface area contributed by atoms with E-state index in [1.807, 2.05) is 0 Å². The molecule has 0 aliphatic rings. The third kappa shape index (κ3) is 4.67. The molecule has 0 saturated heterocycles. The summed E-state index contributed by atoms with van der Waals surface area (Å²) in [5.41, 5.74) is 6.48. The van der Waals surface area contributed by atoms with Gasteiger partial charge < -0.3 is 15.8 Å². The van der Waals surface area contributed by atoms with Crippen LogP contribution in [0.4, 0.5) is 8.78 Å². The number of carbonyl (C=O) groups is 1. The minimum absolute atomic E-state index is 0.0836. The summed E-state index contributed by atoms with van der Waals surface area (Å²) in [5.74, 6) is -0.147. The number of likely N-dealkylation sites (N-methyl/N-ethyl adjacent to an activating group) is 1. The Morgan fingerprint density at radius 1 is 1.39 bits per heavy atom. The van der Waals surface area contributed by atoms with Crippen LogP contribution in [0.2, 0.25) is 0 Å². The molecule has 1 atom stereocenters. The molecule has 1 aromatic rings. The van der Waals surface area contributed by atoms with Gasteiger partial charge in [0.1, 0.15) is 5.75 Å². The number of amides is 1. The highest BCUT2D eigenvalue weighted by Crippen LogP contribution is 2.15. The van der Waals surface area contributed by atoms with Crippen molar-refractivity contribution in [1.29, 1.82) is 0 Å². The van der Waals surface area contributed by atoms with E-state index in [0.717, 1.165) is 5.56 Å². The highest BCUT2D eigenvalue weighted by atomic mass is 19.3. The zero-order valence-corrected chi connectivity index (χ0v) is 10.0. The number of ether oxygens (including phenoxy) is 1. The third-order valence-corrected chi connectivity index (χ3v) is 2.29. The largest absolute Gasteiger partial charge is 0.435 e. The molecule has 0 bridgehead atoms. The lowest BCUT2D eigenvalue weighted by Crippen LogP contribution is -2.41. The second kappa shape index (κ2) is 6.90. The van der Waals surface area contributed by atoms with Gasteiger partial charge >= 0.3 is 6.61 Å². The fourth-order valence-electron chi connectivity index (χ4n) is 1.46. The van der Waals surface area contributed by atoms with Crippen LogP contribution in [0, 0.1) is 0 Å². The molecule has 1 amide bonds. The number of hydrogen-bond acceptors (Lipinski definition) is 3. The Kier molecular flexibility index (Phi) is 5.51. The number of nitrogens with two attached hydrogens (primary N) is 1. The summed E-state index contributed by atoms with van der Waals surface area (Å²) in [7, 11) is 0. The molecule has 6 heteroatoms. The number of nitrogens with one attached hydrogen (secondary N) is 1. The Labute approximate surface area is 104 Å². The lowest BCUT2D eigenvalue weighted by Gasteiger charge is -2.11. The predicted octanol–water partition coefficient (Wildman–Crippen LogP) is 1.29. The summed E-state index contributed by atoms with van der Waals surface area (Å²) in [4.78, 5) is 11.4. The van der Waals surface area contributed by atoms with E-state index < -0.39 is 12.7 Å². The molecule has 0 saturated carbocycles. The van der Waals surface area contributed by atoms with Crippen LogP contribution in [0.25, 0.3) is 0 Å². The summed E-state index contributed by atoms with van der Waals surface area (Å²) in [5, 5.41) is 2.62. The van der Waals surface area contributed by atoms with Gasteiger partial charge in [0.15, 0.2) is 0 Å². The molecule has 0 unspecified atom stereocenters. The molecule has 0 radical (unpaired) electrons. The van der Waals surface area contributed by atoms with Crippen molar-refractivity contribution in [3.8, 4) is 5.75 Å². The number of alkyl halides is 2. The van der Waals surface area contributed by atoms with E-state index in [2.05, 4.69) is 10.1 Å². The summed E-state index contributed by atoms with van der Waals surface area (Å²) in [6.45, 7) is -0.511. The second-order valence-corrected chi connectivity index (χ2v) is 3.73. The van der Waals surface area contributed by atoms with E-state index in [0.29, 0.717) is 13.0 Å². The lowest BCUT2D eigenvalue weighted by molar-refractivity contribution is -0.122. The first-order chi connectivity index (χ1) is 8.52. The van der Waals surface area contributed by atoms with Crippen LogP contribution in [0.15, 0.2) is 24.3 Å². The highest BCUT2D eigenvalue weighted by Gasteiger charge is 2.13. The second-order valence-electron chi connectivity index (χ2n) is 3.73. The summed E-state index contributed by atoms with van der Waals surface area (Å²) in [6.07, 6.45) is 0.348. The molecule has 0 spiro atoms. The zero-order chi connectivity index (χ0) is 13.5. The molecule has 0 fully saturated rings. The summed E-state index contributed by atoms with van der Waals surface area (Å²) < 4.78 is 28.1. The van der Waals surface area contributed by atoms with Gasteiger partial charge in [-0.15, -0.1) is 0 Å². The van der Waals surface area contributed by atoms with Gasteiger partial charge in [0, 0.05) is 6.54 Å². The van der Waals surface area contributed by atoms with Crippen molar-refractivity contribution >= 4 is 5.91 Å². The maximum atomic E-state index is 11.9. The van der Waals surface area contributed by atoms with Crippen LogP contribution in [0.5, 0.6) is 5.75 Å². The van der Waals surface area contributed by atoms with Crippen LogP contribution in [-0.4, -0.2) is 25.1 Å². The van der Waals surface area contributed by atoms with E-state index in [4.69, 9.17) is 5.73 Å². The number of carbonyl (C=O) groups excluding carboxylic acids is 1. The van der Waals surface area contributed by atoms with Gasteiger partial charge in [-0.3, -0.25) is 4.79 Å². The van der Waals surface area contributed by atoms with E-state index in [9.17, 15) is 13.6 Å². The van der Waals surface area contributed by atoms with Crippen molar-refractivity contribution in [2.45, 2.75) is 26.0 Å².